The predicted molar refractivity (Wildman–Crippen MR) is 83.0 cm³/mol. The van der Waals surface area contributed by atoms with Crippen LogP contribution >= 0.6 is 0 Å². The molecule has 10 heteroatoms. The summed E-state index contributed by atoms with van der Waals surface area (Å²) in [6, 6.07) is 3.65. The topological polar surface area (TPSA) is 174 Å². The number of ether oxygens (including phenoxy) is 1. The van der Waals surface area contributed by atoms with Gasteiger partial charge < -0.3 is 31.9 Å². The van der Waals surface area contributed by atoms with Crippen molar-refractivity contribution < 1.29 is 29.0 Å². The Balaban J connectivity index is 2.49. The van der Waals surface area contributed by atoms with Gasteiger partial charge in [-0.15, -0.1) is 0 Å². The summed E-state index contributed by atoms with van der Waals surface area (Å²) in [7, 11) is 0. The zero-order valence-electron chi connectivity index (χ0n) is 12.7. The Bertz CT molecular complexity index is 616. The molecule has 0 spiro atoms. The first kappa shape index (κ1) is 18.7. The van der Waals surface area contributed by atoms with Gasteiger partial charge in [0.05, 0.1) is 5.56 Å². The monoisotopic (exact) mass is 338 g/mol. The first-order valence-corrected chi connectivity index (χ1v) is 6.94. The van der Waals surface area contributed by atoms with Gasteiger partial charge in [0, 0.05) is 12.2 Å². The van der Waals surface area contributed by atoms with Crippen LogP contribution < -0.4 is 22.1 Å². The van der Waals surface area contributed by atoms with Crippen LogP contribution in [-0.4, -0.2) is 41.8 Å². The molecule has 10 nitrogen and oxygen atoms in total. The molecular formula is C14H18N4O6. The summed E-state index contributed by atoms with van der Waals surface area (Å²) >= 11 is 0. The molecule has 1 aromatic carbocycles. The van der Waals surface area contributed by atoms with Crippen molar-refractivity contribution in [2.24, 2.45) is 5.73 Å². The van der Waals surface area contributed by atoms with Crippen molar-refractivity contribution in [2.75, 3.05) is 12.3 Å². The minimum Gasteiger partial charge on any atom is -0.480 e. The lowest BCUT2D eigenvalue weighted by Crippen LogP contribution is -2.42. The number of esters is 1. The number of carbonyl (C=O) groups excluding carboxylic acids is 3. The maximum atomic E-state index is 11.7. The average molecular weight is 338 g/mol. The number of carboxylic acids is 1. The Kier molecular flexibility index (Phi) is 7.01. The lowest BCUT2D eigenvalue weighted by molar-refractivity contribution is -0.139. The third-order valence-electron chi connectivity index (χ3n) is 2.89. The molecule has 0 fully saturated rings. The number of hydrogen-bond acceptors (Lipinski definition) is 6. The van der Waals surface area contributed by atoms with Crippen LogP contribution in [0.4, 0.5) is 15.3 Å². The summed E-state index contributed by atoms with van der Waals surface area (Å²) in [6.07, 6.45) is -0.917. The van der Waals surface area contributed by atoms with Crippen molar-refractivity contribution in [3.63, 3.8) is 0 Å². The third kappa shape index (κ3) is 6.64. The van der Waals surface area contributed by atoms with Gasteiger partial charge in [-0.25, -0.2) is 19.2 Å². The molecule has 0 saturated heterocycles. The van der Waals surface area contributed by atoms with E-state index in [0.29, 0.717) is 5.69 Å². The molecule has 0 unspecified atom stereocenters. The summed E-state index contributed by atoms with van der Waals surface area (Å²) in [5.41, 5.74) is 10.9. The minimum absolute atomic E-state index is 0.0147. The summed E-state index contributed by atoms with van der Waals surface area (Å²) in [5.74, 6) is -2.24. The summed E-state index contributed by atoms with van der Waals surface area (Å²) in [4.78, 5) is 44.9. The van der Waals surface area contributed by atoms with E-state index >= 15 is 0 Å². The van der Waals surface area contributed by atoms with Crippen LogP contribution in [0.2, 0.25) is 0 Å². The van der Waals surface area contributed by atoms with E-state index in [1.165, 1.54) is 24.3 Å². The van der Waals surface area contributed by atoms with Crippen LogP contribution in [0, 0.1) is 0 Å². The van der Waals surface area contributed by atoms with Gasteiger partial charge in [0.2, 0.25) is 0 Å². The molecule has 7 N–H and O–H groups in total. The van der Waals surface area contributed by atoms with Crippen LogP contribution in [0.5, 0.6) is 0 Å². The molecule has 1 rings (SSSR count). The normalized spacial score (nSPS) is 11.2. The van der Waals surface area contributed by atoms with E-state index in [2.05, 4.69) is 15.4 Å². The van der Waals surface area contributed by atoms with Gasteiger partial charge in [0.1, 0.15) is 6.04 Å². The van der Waals surface area contributed by atoms with Gasteiger partial charge in [-0.3, -0.25) is 0 Å². The molecule has 0 radical (unpaired) electrons. The van der Waals surface area contributed by atoms with E-state index in [1.54, 1.807) is 0 Å². The molecule has 130 valence electrons. The molecule has 0 heterocycles. The Morgan fingerprint density at radius 3 is 2.33 bits per heavy atom. The first-order chi connectivity index (χ1) is 11.3. The largest absolute Gasteiger partial charge is 0.480 e. The standard InChI is InChI=1S/C14H18N4O6/c15-9-5-3-8(4-6-9)12(21)24-14(23)18-10(11(19)20)2-1-7-17-13(16)22/h3-6,10H,1-2,7,15H2,(H,18,23)(H,19,20)(H3,16,17,22)/t10-/m0/s1. The molecule has 0 aliphatic rings. The van der Waals surface area contributed by atoms with Crippen molar-refractivity contribution in [1.82, 2.24) is 10.6 Å². The number of nitrogens with two attached hydrogens (primary N) is 2. The number of primary amides is 1. The SMILES string of the molecule is NC(=O)NCCC[C@H](NC(=O)OC(=O)c1ccc(N)cc1)C(=O)O. The minimum atomic E-state index is -1.30. The van der Waals surface area contributed by atoms with E-state index < -0.39 is 30.1 Å². The maximum absolute atomic E-state index is 11.7. The quantitative estimate of drug-likeness (QED) is 0.202. The van der Waals surface area contributed by atoms with Crippen molar-refractivity contribution in [2.45, 2.75) is 18.9 Å². The van der Waals surface area contributed by atoms with Crippen molar-refractivity contribution >= 4 is 29.8 Å². The number of aliphatic carboxylic acids is 1. The highest BCUT2D eigenvalue weighted by Gasteiger charge is 2.22. The smallest absolute Gasteiger partial charge is 0.415 e. The highest BCUT2D eigenvalue weighted by atomic mass is 16.6. The summed E-state index contributed by atoms with van der Waals surface area (Å²) in [6.45, 7) is 0.153. The average Bonchev–Trinajstić information content (AvgIpc) is 2.50. The second kappa shape index (κ2) is 8.98. The van der Waals surface area contributed by atoms with E-state index in [0.717, 1.165) is 0 Å². The zero-order valence-corrected chi connectivity index (χ0v) is 12.7. The second-order valence-corrected chi connectivity index (χ2v) is 4.77. The lowest BCUT2D eigenvalue weighted by Gasteiger charge is -2.14. The molecule has 0 aliphatic heterocycles. The number of alkyl carbamates (subject to hydrolysis) is 1. The Labute approximate surface area is 137 Å². The van der Waals surface area contributed by atoms with E-state index in [9.17, 15) is 19.2 Å². The number of hydrogen-bond donors (Lipinski definition) is 5. The molecule has 0 bridgehead atoms. The van der Waals surface area contributed by atoms with Crippen LogP contribution in [0.1, 0.15) is 23.2 Å². The molecule has 0 saturated carbocycles. The predicted octanol–water partition coefficient (Wildman–Crippen LogP) is 0.0369. The molecule has 24 heavy (non-hydrogen) atoms. The fourth-order valence-corrected chi connectivity index (χ4v) is 1.71. The first-order valence-electron chi connectivity index (χ1n) is 6.94. The number of carboxylic acid groups (broad SMARTS) is 1. The molecule has 0 aliphatic carbocycles. The molecular weight excluding hydrogens is 320 g/mol. The summed E-state index contributed by atoms with van der Waals surface area (Å²) in [5, 5.41) is 13.4. The number of anilines is 1. The fourth-order valence-electron chi connectivity index (χ4n) is 1.71. The van der Waals surface area contributed by atoms with Gasteiger partial charge in [-0.2, -0.15) is 0 Å². The Morgan fingerprint density at radius 2 is 1.79 bits per heavy atom. The van der Waals surface area contributed by atoms with Crippen molar-refractivity contribution in [1.29, 1.82) is 0 Å². The van der Waals surface area contributed by atoms with Crippen molar-refractivity contribution in [3.8, 4) is 0 Å². The van der Waals surface area contributed by atoms with Gasteiger partial charge >= 0.3 is 24.1 Å². The Morgan fingerprint density at radius 1 is 1.17 bits per heavy atom. The molecule has 3 amide bonds. The lowest BCUT2D eigenvalue weighted by atomic mass is 10.1. The number of nitrogens with one attached hydrogen (secondary N) is 2. The number of amides is 3. The van der Waals surface area contributed by atoms with Gasteiger partial charge in [0.15, 0.2) is 0 Å². The number of nitrogen functional groups attached to an aromatic ring is 1. The van der Waals surface area contributed by atoms with E-state index in [1.807, 2.05) is 0 Å². The van der Waals surface area contributed by atoms with Crippen LogP contribution in [-0.2, 0) is 9.53 Å². The van der Waals surface area contributed by atoms with Crippen LogP contribution in [0.25, 0.3) is 0 Å². The zero-order chi connectivity index (χ0) is 18.1. The Hall–Kier alpha value is -3.30. The van der Waals surface area contributed by atoms with Gasteiger partial charge in [0.25, 0.3) is 0 Å². The van der Waals surface area contributed by atoms with Crippen LogP contribution in [0.15, 0.2) is 24.3 Å². The molecule has 1 aromatic rings. The van der Waals surface area contributed by atoms with Crippen molar-refractivity contribution in [3.05, 3.63) is 29.8 Å². The molecule has 1 atom stereocenters. The maximum Gasteiger partial charge on any atom is 0.415 e. The number of urea groups is 1. The van der Waals surface area contributed by atoms with Crippen LogP contribution in [0.3, 0.4) is 0 Å². The fraction of sp³-hybridized carbons (Fsp3) is 0.286. The van der Waals surface area contributed by atoms with E-state index in [4.69, 9.17) is 16.6 Å². The second-order valence-electron chi connectivity index (χ2n) is 4.77. The number of rotatable bonds is 7. The highest BCUT2D eigenvalue weighted by Crippen LogP contribution is 2.07. The molecule has 0 aromatic heterocycles. The number of benzene rings is 1. The van der Waals surface area contributed by atoms with Gasteiger partial charge in [-0.1, -0.05) is 0 Å². The number of carbonyl (C=O) groups is 4. The third-order valence-corrected chi connectivity index (χ3v) is 2.89. The summed E-state index contributed by atoms with van der Waals surface area (Å²) < 4.78 is 4.52. The highest BCUT2D eigenvalue weighted by molar-refractivity contribution is 5.97. The van der Waals surface area contributed by atoms with Gasteiger partial charge in [-0.05, 0) is 37.1 Å². The van der Waals surface area contributed by atoms with E-state index in [-0.39, 0.29) is 24.9 Å².